The first-order chi connectivity index (χ1) is 17.2. The number of benzene rings is 6. The lowest BCUT2D eigenvalue weighted by Gasteiger charge is -2.12. The molecule has 0 saturated heterocycles. The molecule has 0 N–H and O–H groups in total. The zero-order chi connectivity index (χ0) is 23.8. The van der Waals surface area contributed by atoms with Crippen molar-refractivity contribution in [2.45, 2.75) is 0 Å². The van der Waals surface area contributed by atoms with Gasteiger partial charge in [-0.25, -0.2) is 0 Å². The Morgan fingerprint density at radius 2 is 1.17 bits per heavy atom. The average molecular weight is 466 g/mol. The third-order valence-electron chi connectivity index (χ3n) is 6.60. The summed E-state index contributed by atoms with van der Waals surface area (Å²) in [4.78, 5) is 0. The molecule has 6 rings (SSSR count). The Morgan fingerprint density at radius 3 is 2.03 bits per heavy atom. The standard InChI is InChI=1S/C33H20ClN/c34-32-13-5-11-28(31(32)21-35)27-9-3-8-26(20-27)22-14-16-24(17-15-22)30-12-4-7-25-19-18-23-6-1-2-10-29(23)33(25)30/h1-20H. The van der Waals surface area contributed by atoms with Gasteiger partial charge in [0.1, 0.15) is 6.07 Å². The fraction of sp³-hybridized carbons (Fsp3) is 0. The van der Waals surface area contributed by atoms with Crippen LogP contribution < -0.4 is 0 Å². The number of nitriles is 1. The van der Waals surface area contributed by atoms with Crippen LogP contribution in [-0.4, -0.2) is 0 Å². The number of hydrogen-bond acceptors (Lipinski definition) is 1. The van der Waals surface area contributed by atoms with Crippen LogP contribution in [0, 0.1) is 11.3 Å². The van der Waals surface area contributed by atoms with Gasteiger partial charge in [0.2, 0.25) is 0 Å². The van der Waals surface area contributed by atoms with E-state index in [4.69, 9.17) is 11.6 Å². The molecular formula is C33H20ClN. The Labute approximate surface area is 209 Å². The van der Waals surface area contributed by atoms with Gasteiger partial charge >= 0.3 is 0 Å². The average Bonchev–Trinajstić information content (AvgIpc) is 2.92. The predicted octanol–water partition coefficient (Wildman–Crippen LogP) is 9.52. The second-order valence-electron chi connectivity index (χ2n) is 8.62. The molecule has 0 amide bonds. The number of rotatable bonds is 3. The molecule has 0 heterocycles. The predicted molar refractivity (Wildman–Crippen MR) is 147 cm³/mol. The highest BCUT2D eigenvalue weighted by Gasteiger charge is 2.11. The molecule has 0 atom stereocenters. The van der Waals surface area contributed by atoms with E-state index in [9.17, 15) is 5.26 Å². The Hall–Kier alpha value is -4.38. The highest BCUT2D eigenvalue weighted by atomic mass is 35.5. The van der Waals surface area contributed by atoms with Crippen molar-refractivity contribution in [3.8, 4) is 39.4 Å². The molecule has 0 unspecified atom stereocenters. The third-order valence-corrected chi connectivity index (χ3v) is 6.91. The van der Waals surface area contributed by atoms with Gasteiger partial charge < -0.3 is 0 Å². The van der Waals surface area contributed by atoms with E-state index in [1.807, 2.05) is 24.3 Å². The number of halogens is 1. The minimum atomic E-state index is 0.474. The van der Waals surface area contributed by atoms with Gasteiger partial charge in [0.05, 0.1) is 10.6 Å². The van der Waals surface area contributed by atoms with Crippen molar-refractivity contribution in [2.75, 3.05) is 0 Å². The zero-order valence-electron chi connectivity index (χ0n) is 18.9. The molecule has 35 heavy (non-hydrogen) atoms. The summed E-state index contributed by atoms with van der Waals surface area (Å²) in [5, 5.41) is 15.1. The van der Waals surface area contributed by atoms with E-state index in [0.717, 1.165) is 22.3 Å². The Kier molecular flexibility index (Phi) is 5.30. The molecule has 0 aliphatic rings. The number of fused-ring (bicyclic) bond motifs is 3. The SMILES string of the molecule is N#Cc1c(Cl)cccc1-c1cccc(-c2ccc(-c3cccc4ccc5ccccc5c34)cc2)c1. The first-order valence-electron chi connectivity index (χ1n) is 11.5. The summed E-state index contributed by atoms with van der Waals surface area (Å²) < 4.78 is 0. The normalized spacial score (nSPS) is 11.0. The summed E-state index contributed by atoms with van der Waals surface area (Å²) in [6.07, 6.45) is 0. The van der Waals surface area contributed by atoms with Gasteiger partial charge in [0.25, 0.3) is 0 Å². The largest absolute Gasteiger partial charge is 0.192 e. The molecule has 0 aliphatic heterocycles. The van der Waals surface area contributed by atoms with Crippen molar-refractivity contribution in [3.63, 3.8) is 0 Å². The lowest BCUT2D eigenvalue weighted by molar-refractivity contribution is 1.48. The summed E-state index contributed by atoms with van der Waals surface area (Å²) in [6.45, 7) is 0. The molecule has 0 aromatic heterocycles. The van der Waals surface area contributed by atoms with Crippen LogP contribution in [-0.2, 0) is 0 Å². The van der Waals surface area contributed by atoms with Crippen LogP contribution in [0.3, 0.4) is 0 Å². The fourth-order valence-corrected chi connectivity index (χ4v) is 5.10. The van der Waals surface area contributed by atoms with Crippen LogP contribution in [0.1, 0.15) is 5.56 Å². The van der Waals surface area contributed by atoms with Crippen molar-refractivity contribution in [1.82, 2.24) is 0 Å². The van der Waals surface area contributed by atoms with Crippen molar-refractivity contribution >= 4 is 33.1 Å². The third kappa shape index (κ3) is 3.75. The summed E-state index contributed by atoms with van der Waals surface area (Å²) in [5.74, 6) is 0. The maximum absolute atomic E-state index is 9.59. The fourth-order valence-electron chi connectivity index (χ4n) is 4.89. The second kappa shape index (κ2) is 8.76. The second-order valence-corrected chi connectivity index (χ2v) is 9.03. The minimum absolute atomic E-state index is 0.474. The van der Waals surface area contributed by atoms with E-state index in [1.165, 1.54) is 32.7 Å². The zero-order valence-corrected chi connectivity index (χ0v) is 19.6. The molecule has 2 heteroatoms. The summed E-state index contributed by atoms with van der Waals surface area (Å²) in [7, 11) is 0. The molecule has 164 valence electrons. The Morgan fingerprint density at radius 1 is 0.514 bits per heavy atom. The van der Waals surface area contributed by atoms with Crippen LogP contribution >= 0.6 is 11.6 Å². The van der Waals surface area contributed by atoms with E-state index in [1.54, 1.807) is 6.07 Å². The summed E-state index contributed by atoms with van der Waals surface area (Å²) in [6, 6.07) is 44.3. The summed E-state index contributed by atoms with van der Waals surface area (Å²) in [5.41, 5.74) is 6.98. The van der Waals surface area contributed by atoms with E-state index in [0.29, 0.717) is 10.6 Å². The van der Waals surface area contributed by atoms with Crippen molar-refractivity contribution < 1.29 is 0 Å². The van der Waals surface area contributed by atoms with E-state index < -0.39 is 0 Å². The van der Waals surface area contributed by atoms with Gasteiger partial charge in [-0.3, -0.25) is 0 Å². The molecule has 0 aliphatic carbocycles. The van der Waals surface area contributed by atoms with Gasteiger partial charge in [-0.1, -0.05) is 121 Å². The molecule has 0 fully saturated rings. The topological polar surface area (TPSA) is 23.8 Å². The van der Waals surface area contributed by atoms with Gasteiger partial charge in [-0.15, -0.1) is 0 Å². The molecular weight excluding hydrogens is 446 g/mol. The van der Waals surface area contributed by atoms with Crippen molar-refractivity contribution in [1.29, 1.82) is 5.26 Å². The first kappa shape index (κ1) is 21.2. The Bertz CT molecular complexity index is 1760. The van der Waals surface area contributed by atoms with E-state index in [-0.39, 0.29) is 0 Å². The van der Waals surface area contributed by atoms with Gasteiger partial charge in [0.15, 0.2) is 0 Å². The molecule has 6 aromatic carbocycles. The number of hydrogen-bond donors (Lipinski definition) is 0. The smallest absolute Gasteiger partial charge is 0.101 e. The number of nitrogens with zero attached hydrogens (tertiary/aromatic N) is 1. The molecule has 0 bridgehead atoms. The lowest BCUT2D eigenvalue weighted by atomic mass is 9.92. The molecule has 0 radical (unpaired) electrons. The van der Waals surface area contributed by atoms with Gasteiger partial charge in [0, 0.05) is 5.56 Å². The van der Waals surface area contributed by atoms with E-state index in [2.05, 4.69) is 97.1 Å². The highest BCUT2D eigenvalue weighted by Crippen LogP contribution is 2.36. The molecule has 0 spiro atoms. The van der Waals surface area contributed by atoms with Crippen LogP contribution in [0.25, 0.3) is 54.9 Å². The highest BCUT2D eigenvalue weighted by molar-refractivity contribution is 6.32. The quantitative estimate of drug-likeness (QED) is 0.239. The van der Waals surface area contributed by atoms with Crippen LogP contribution in [0.5, 0.6) is 0 Å². The minimum Gasteiger partial charge on any atom is -0.192 e. The van der Waals surface area contributed by atoms with Crippen molar-refractivity contribution in [3.05, 3.63) is 132 Å². The van der Waals surface area contributed by atoms with Crippen LogP contribution in [0.2, 0.25) is 5.02 Å². The van der Waals surface area contributed by atoms with Crippen molar-refractivity contribution in [2.24, 2.45) is 0 Å². The lowest BCUT2D eigenvalue weighted by Crippen LogP contribution is -1.87. The molecule has 6 aromatic rings. The maximum Gasteiger partial charge on any atom is 0.101 e. The summed E-state index contributed by atoms with van der Waals surface area (Å²) >= 11 is 6.27. The molecule has 1 nitrogen and oxygen atoms in total. The van der Waals surface area contributed by atoms with Gasteiger partial charge in [-0.2, -0.15) is 5.26 Å². The Balaban J connectivity index is 1.43. The van der Waals surface area contributed by atoms with Crippen LogP contribution in [0.4, 0.5) is 0 Å². The van der Waals surface area contributed by atoms with Gasteiger partial charge in [-0.05, 0) is 61.5 Å². The monoisotopic (exact) mass is 465 g/mol. The molecule has 0 saturated carbocycles. The van der Waals surface area contributed by atoms with E-state index >= 15 is 0 Å². The van der Waals surface area contributed by atoms with Crippen LogP contribution in [0.15, 0.2) is 121 Å². The maximum atomic E-state index is 9.59. The first-order valence-corrected chi connectivity index (χ1v) is 11.9.